The van der Waals surface area contributed by atoms with Crippen LogP contribution in [0.2, 0.25) is 5.02 Å². The zero-order valence-electron chi connectivity index (χ0n) is 21.2. The minimum absolute atomic E-state index is 0.0466. The SMILES string of the molecule is COc1cc(OC)cc(C(=O)N2CCN(c3ccc(NC(=O)c4cccc5c(Cl)cccc45)cc3)CC2)c1. The van der Waals surface area contributed by atoms with Crippen LogP contribution in [0.1, 0.15) is 20.7 Å². The van der Waals surface area contributed by atoms with Crippen LogP contribution < -0.4 is 19.7 Å². The smallest absolute Gasteiger partial charge is 0.256 e. The number of methoxy groups -OCH3 is 2. The maximum Gasteiger partial charge on any atom is 0.256 e. The number of amides is 2. The first kappa shape index (κ1) is 25.4. The predicted molar refractivity (Wildman–Crippen MR) is 151 cm³/mol. The molecule has 0 spiro atoms. The van der Waals surface area contributed by atoms with Crippen LogP contribution in [0.15, 0.2) is 78.9 Å². The highest BCUT2D eigenvalue weighted by atomic mass is 35.5. The molecule has 0 aromatic heterocycles. The van der Waals surface area contributed by atoms with Crippen LogP contribution in [-0.2, 0) is 0 Å². The van der Waals surface area contributed by atoms with Crippen LogP contribution in [0.4, 0.5) is 11.4 Å². The van der Waals surface area contributed by atoms with Crippen molar-refractivity contribution < 1.29 is 19.1 Å². The molecule has 1 fully saturated rings. The largest absolute Gasteiger partial charge is 0.497 e. The van der Waals surface area contributed by atoms with E-state index in [-0.39, 0.29) is 11.8 Å². The van der Waals surface area contributed by atoms with Crippen molar-refractivity contribution in [2.45, 2.75) is 0 Å². The number of rotatable bonds is 6. The molecule has 0 radical (unpaired) electrons. The normalized spacial score (nSPS) is 13.3. The average molecular weight is 530 g/mol. The molecule has 194 valence electrons. The summed E-state index contributed by atoms with van der Waals surface area (Å²) in [4.78, 5) is 30.2. The molecule has 8 heteroatoms. The molecule has 2 amide bonds. The van der Waals surface area contributed by atoms with Crippen LogP contribution in [0.3, 0.4) is 0 Å². The number of fused-ring (bicyclic) bond motifs is 1. The van der Waals surface area contributed by atoms with Crippen LogP contribution in [0.5, 0.6) is 11.5 Å². The number of benzene rings is 4. The van der Waals surface area contributed by atoms with E-state index < -0.39 is 0 Å². The van der Waals surface area contributed by atoms with Crippen LogP contribution in [0, 0.1) is 0 Å². The lowest BCUT2D eigenvalue weighted by atomic mass is 10.0. The number of anilines is 2. The Kier molecular flexibility index (Phi) is 7.38. The van der Waals surface area contributed by atoms with Gasteiger partial charge in [-0.05, 0) is 53.9 Å². The number of carbonyl (C=O) groups is 2. The standard InChI is InChI=1S/C30H28ClN3O4/c1-37-23-17-20(18-24(19-23)38-2)30(36)34-15-13-33(14-16-34)22-11-9-21(10-12-22)32-29(35)27-7-3-6-26-25(27)5-4-8-28(26)31/h3-12,17-19H,13-16H2,1-2H3,(H,32,35). The number of halogens is 1. The predicted octanol–water partition coefficient (Wildman–Crippen LogP) is 5.73. The molecule has 38 heavy (non-hydrogen) atoms. The first-order chi connectivity index (χ1) is 18.5. The lowest BCUT2D eigenvalue weighted by Gasteiger charge is -2.36. The molecule has 1 aliphatic rings. The van der Waals surface area contributed by atoms with Gasteiger partial charge in [-0.3, -0.25) is 9.59 Å². The van der Waals surface area contributed by atoms with Crippen LogP contribution in [-0.4, -0.2) is 57.1 Å². The average Bonchev–Trinajstić information content (AvgIpc) is 2.97. The fourth-order valence-corrected chi connectivity index (χ4v) is 4.94. The zero-order chi connectivity index (χ0) is 26.6. The summed E-state index contributed by atoms with van der Waals surface area (Å²) >= 11 is 6.30. The van der Waals surface area contributed by atoms with Gasteiger partial charge in [0, 0.05) is 65.2 Å². The van der Waals surface area contributed by atoms with E-state index in [0.717, 1.165) is 16.5 Å². The summed E-state index contributed by atoms with van der Waals surface area (Å²) in [6.45, 7) is 2.60. The summed E-state index contributed by atoms with van der Waals surface area (Å²) in [5, 5.41) is 5.26. The van der Waals surface area contributed by atoms with E-state index in [2.05, 4.69) is 10.2 Å². The van der Waals surface area contributed by atoms with Gasteiger partial charge in [-0.2, -0.15) is 0 Å². The molecule has 7 nitrogen and oxygen atoms in total. The van der Waals surface area contributed by atoms with Gasteiger partial charge in [-0.1, -0.05) is 35.9 Å². The van der Waals surface area contributed by atoms with E-state index in [1.165, 1.54) is 0 Å². The third kappa shape index (κ3) is 5.24. The van der Waals surface area contributed by atoms with Gasteiger partial charge in [0.05, 0.1) is 14.2 Å². The minimum atomic E-state index is -0.188. The monoisotopic (exact) mass is 529 g/mol. The molecular formula is C30H28ClN3O4. The summed E-state index contributed by atoms with van der Waals surface area (Å²) in [6.07, 6.45) is 0. The van der Waals surface area contributed by atoms with Gasteiger partial charge in [0.2, 0.25) is 0 Å². The van der Waals surface area contributed by atoms with Crippen molar-refractivity contribution in [1.29, 1.82) is 0 Å². The number of hydrogen-bond donors (Lipinski definition) is 1. The number of hydrogen-bond acceptors (Lipinski definition) is 5. The van der Waals surface area contributed by atoms with Crippen molar-refractivity contribution in [2.75, 3.05) is 50.6 Å². The number of piperazine rings is 1. The molecule has 1 saturated heterocycles. The van der Waals surface area contributed by atoms with E-state index in [1.807, 2.05) is 59.5 Å². The van der Waals surface area contributed by atoms with Crippen molar-refractivity contribution in [3.8, 4) is 11.5 Å². The lowest BCUT2D eigenvalue weighted by molar-refractivity contribution is 0.0746. The van der Waals surface area contributed by atoms with Crippen LogP contribution >= 0.6 is 11.6 Å². The summed E-state index contributed by atoms with van der Waals surface area (Å²) in [5.41, 5.74) is 2.86. The third-order valence-corrected chi connectivity index (χ3v) is 7.10. The van der Waals surface area contributed by atoms with Gasteiger partial charge >= 0.3 is 0 Å². The molecule has 5 rings (SSSR count). The van der Waals surface area contributed by atoms with Crippen molar-refractivity contribution in [3.63, 3.8) is 0 Å². The van der Waals surface area contributed by atoms with E-state index in [9.17, 15) is 9.59 Å². The highest BCUT2D eigenvalue weighted by molar-refractivity contribution is 6.36. The number of carbonyl (C=O) groups excluding carboxylic acids is 2. The molecule has 1 heterocycles. The van der Waals surface area contributed by atoms with Gasteiger partial charge < -0.3 is 24.6 Å². The van der Waals surface area contributed by atoms with Crippen LogP contribution in [0.25, 0.3) is 10.8 Å². The summed E-state index contributed by atoms with van der Waals surface area (Å²) in [5.74, 6) is 0.937. The molecule has 0 bridgehead atoms. The molecule has 4 aromatic carbocycles. The van der Waals surface area contributed by atoms with Gasteiger partial charge in [-0.15, -0.1) is 0 Å². The molecule has 4 aromatic rings. The second-order valence-corrected chi connectivity index (χ2v) is 9.43. The Bertz CT molecular complexity index is 1460. The highest BCUT2D eigenvalue weighted by Gasteiger charge is 2.23. The topological polar surface area (TPSA) is 71.1 Å². The Balaban J connectivity index is 1.21. The Morgan fingerprint density at radius 2 is 1.42 bits per heavy atom. The summed E-state index contributed by atoms with van der Waals surface area (Å²) in [6, 6.07) is 24.1. The maximum absolute atomic E-state index is 13.1. The first-order valence-corrected chi connectivity index (χ1v) is 12.7. The number of nitrogens with one attached hydrogen (secondary N) is 1. The van der Waals surface area contributed by atoms with Gasteiger partial charge in [0.1, 0.15) is 11.5 Å². The first-order valence-electron chi connectivity index (χ1n) is 12.3. The maximum atomic E-state index is 13.1. The van der Waals surface area contributed by atoms with E-state index >= 15 is 0 Å². The van der Waals surface area contributed by atoms with Gasteiger partial charge in [-0.25, -0.2) is 0 Å². The van der Waals surface area contributed by atoms with E-state index in [4.69, 9.17) is 21.1 Å². The second-order valence-electron chi connectivity index (χ2n) is 9.02. The zero-order valence-corrected chi connectivity index (χ0v) is 22.0. The molecule has 0 unspecified atom stereocenters. The van der Waals surface area contributed by atoms with Crippen molar-refractivity contribution in [1.82, 2.24) is 4.90 Å². The minimum Gasteiger partial charge on any atom is -0.497 e. The number of ether oxygens (including phenoxy) is 2. The highest BCUT2D eigenvalue weighted by Crippen LogP contribution is 2.28. The molecule has 0 atom stereocenters. The Morgan fingerprint density at radius 3 is 2.08 bits per heavy atom. The molecule has 1 aliphatic heterocycles. The van der Waals surface area contributed by atoms with E-state index in [0.29, 0.717) is 59.5 Å². The summed E-state index contributed by atoms with van der Waals surface area (Å²) in [7, 11) is 3.14. The Labute approximate surface area is 226 Å². The lowest BCUT2D eigenvalue weighted by Crippen LogP contribution is -2.48. The quantitative estimate of drug-likeness (QED) is 0.345. The van der Waals surface area contributed by atoms with Gasteiger partial charge in [0.25, 0.3) is 11.8 Å². The second kappa shape index (κ2) is 11.0. The fourth-order valence-electron chi connectivity index (χ4n) is 4.70. The van der Waals surface area contributed by atoms with Crippen molar-refractivity contribution in [2.24, 2.45) is 0 Å². The molecule has 1 N–H and O–H groups in total. The van der Waals surface area contributed by atoms with E-state index in [1.54, 1.807) is 38.5 Å². The number of nitrogens with zero attached hydrogens (tertiary/aromatic N) is 2. The molecule has 0 aliphatic carbocycles. The van der Waals surface area contributed by atoms with Crippen molar-refractivity contribution >= 4 is 45.6 Å². The van der Waals surface area contributed by atoms with Crippen molar-refractivity contribution in [3.05, 3.63) is 95.0 Å². The fraction of sp³-hybridized carbons (Fsp3) is 0.200. The molecular weight excluding hydrogens is 502 g/mol. The Morgan fingerprint density at radius 1 is 0.789 bits per heavy atom. The Hall–Kier alpha value is -4.23. The molecule has 0 saturated carbocycles. The van der Waals surface area contributed by atoms with Gasteiger partial charge in [0.15, 0.2) is 0 Å². The third-order valence-electron chi connectivity index (χ3n) is 6.77. The summed E-state index contributed by atoms with van der Waals surface area (Å²) < 4.78 is 10.6.